The van der Waals surface area contributed by atoms with Crippen molar-refractivity contribution in [3.8, 4) is 22.2 Å². The number of methoxy groups -OCH3 is 1. The van der Waals surface area contributed by atoms with Gasteiger partial charge in [0.2, 0.25) is 17.6 Å². The van der Waals surface area contributed by atoms with Gasteiger partial charge in [-0.25, -0.2) is 0 Å². The number of carbonyl (C=O) groups excluding carboxylic acids is 1. The first-order chi connectivity index (χ1) is 16.4. The number of nitrogens with zero attached hydrogens (tertiary/aromatic N) is 3. The van der Waals surface area contributed by atoms with Gasteiger partial charge in [0, 0.05) is 18.5 Å². The molecule has 9 heteroatoms. The van der Waals surface area contributed by atoms with Crippen LogP contribution in [0.5, 0.6) is 11.5 Å². The minimum atomic E-state index is -0.365. The van der Waals surface area contributed by atoms with E-state index in [4.69, 9.17) is 14.0 Å². The maximum Gasteiger partial charge on any atom is 0.241 e. The summed E-state index contributed by atoms with van der Waals surface area (Å²) in [4.78, 5) is 21.1. The first kappa shape index (κ1) is 22.9. The summed E-state index contributed by atoms with van der Waals surface area (Å²) in [6.45, 7) is 6.23. The molecular weight excluding hydrogens is 452 g/mol. The van der Waals surface area contributed by atoms with Crippen molar-refractivity contribution >= 4 is 17.2 Å². The number of fused-ring (bicyclic) bond motifs is 1. The van der Waals surface area contributed by atoms with Gasteiger partial charge in [0.15, 0.2) is 0 Å². The summed E-state index contributed by atoms with van der Waals surface area (Å²) in [6.07, 6.45) is 2.51. The minimum Gasteiger partial charge on any atom is -0.497 e. The number of ether oxygens (including phenoxy) is 2. The molecule has 1 aromatic carbocycles. The van der Waals surface area contributed by atoms with Crippen molar-refractivity contribution in [3.05, 3.63) is 47.2 Å². The predicted octanol–water partition coefficient (Wildman–Crippen LogP) is 4.44. The highest BCUT2D eigenvalue weighted by atomic mass is 32.1. The Morgan fingerprint density at radius 1 is 1.35 bits per heavy atom. The zero-order chi connectivity index (χ0) is 23.7. The molecule has 0 bridgehead atoms. The van der Waals surface area contributed by atoms with Gasteiger partial charge in [0.05, 0.1) is 30.5 Å². The van der Waals surface area contributed by atoms with Crippen molar-refractivity contribution in [3.63, 3.8) is 0 Å². The Bertz CT molecular complexity index is 1140. The van der Waals surface area contributed by atoms with Crippen molar-refractivity contribution in [2.75, 3.05) is 20.2 Å². The second-order valence-electron chi connectivity index (χ2n) is 9.59. The van der Waals surface area contributed by atoms with Gasteiger partial charge in [-0.1, -0.05) is 11.2 Å². The summed E-state index contributed by atoms with van der Waals surface area (Å²) >= 11 is 1.59. The molecule has 0 radical (unpaired) electrons. The number of nitrogens with one attached hydrogen (secondary N) is 1. The van der Waals surface area contributed by atoms with E-state index < -0.39 is 0 Å². The summed E-state index contributed by atoms with van der Waals surface area (Å²) in [7, 11) is 1.65. The van der Waals surface area contributed by atoms with Crippen LogP contribution in [-0.2, 0) is 11.3 Å². The van der Waals surface area contributed by atoms with Gasteiger partial charge < -0.3 is 19.3 Å². The summed E-state index contributed by atoms with van der Waals surface area (Å²) in [5.74, 6) is 2.74. The maximum absolute atomic E-state index is 13.3. The molecule has 1 fully saturated rings. The molecule has 1 saturated heterocycles. The van der Waals surface area contributed by atoms with E-state index in [-0.39, 0.29) is 23.5 Å². The van der Waals surface area contributed by atoms with Gasteiger partial charge in [0.25, 0.3) is 0 Å². The highest BCUT2D eigenvalue weighted by Gasteiger charge is 2.36. The van der Waals surface area contributed by atoms with Gasteiger partial charge >= 0.3 is 0 Å². The van der Waals surface area contributed by atoms with Crippen molar-refractivity contribution in [1.82, 2.24) is 20.4 Å². The normalized spacial score (nSPS) is 22.0. The molecule has 0 spiro atoms. The smallest absolute Gasteiger partial charge is 0.241 e. The van der Waals surface area contributed by atoms with Crippen molar-refractivity contribution in [1.29, 1.82) is 0 Å². The lowest BCUT2D eigenvalue weighted by molar-refractivity contribution is -0.128. The Hall–Kier alpha value is -2.91. The number of amides is 1. The molecule has 2 unspecified atom stereocenters. The van der Waals surface area contributed by atoms with E-state index in [0.717, 1.165) is 41.3 Å². The zero-order valence-electron chi connectivity index (χ0n) is 19.7. The van der Waals surface area contributed by atoms with Crippen LogP contribution in [-0.4, -0.2) is 46.7 Å². The molecule has 1 amide bonds. The fraction of sp³-hybridized carbons (Fsp3) is 0.480. The van der Waals surface area contributed by atoms with E-state index >= 15 is 0 Å². The van der Waals surface area contributed by atoms with E-state index in [9.17, 15) is 4.79 Å². The SMILES string of the molecule is COc1ccc2c(c1)C(NC(=O)C1CCCN(Cc3nc(-c4cccs4)no3)C1)CC(C)(C)O2. The highest BCUT2D eigenvalue weighted by Crippen LogP contribution is 2.41. The molecule has 4 heterocycles. The van der Waals surface area contributed by atoms with Crippen LogP contribution in [0.15, 0.2) is 40.2 Å². The third kappa shape index (κ3) is 4.95. The quantitative estimate of drug-likeness (QED) is 0.556. The molecule has 5 rings (SSSR count). The molecule has 180 valence electrons. The molecule has 34 heavy (non-hydrogen) atoms. The Morgan fingerprint density at radius 3 is 3.03 bits per heavy atom. The highest BCUT2D eigenvalue weighted by molar-refractivity contribution is 7.13. The Labute approximate surface area is 203 Å². The fourth-order valence-corrected chi connectivity index (χ4v) is 5.46. The Balaban J connectivity index is 1.24. The summed E-state index contributed by atoms with van der Waals surface area (Å²) in [5, 5.41) is 9.40. The van der Waals surface area contributed by atoms with Gasteiger partial charge in [-0.05, 0) is 62.9 Å². The molecule has 0 aliphatic carbocycles. The van der Waals surface area contributed by atoms with Crippen molar-refractivity contribution < 1.29 is 18.8 Å². The number of thiophene rings is 1. The van der Waals surface area contributed by atoms with E-state index in [1.807, 2.05) is 35.7 Å². The lowest BCUT2D eigenvalue weighted by Crippen LogP contribution is -2.46. The molecule has 0 saturated carbocycles. The largest absolute Gasteiger partial charge is 0.497 e. The first-order valence-electron chi connectivity index (χ1n) is 11.7. The third-order valence-electron chi connectivity index (χ3n) is 6.44. The molecule has 1 N–H and O–H groups in total. The fourth-order valence-electron chi connectivity index (χ4n) is 4.81. The predicted molar refractivity (Wildman–Crippen MR) is 129 cm³/mol. The number of benzene rings is 1. The minimum absolute atomic E-state index is 0.0750. The molecule has 2 aliphatic heterocycles. The van der Waals surface area contributed by atoms with Crippen molar-refractivity contribution in [2.24, 2.45) is 5.92 Å². The standard InChI is InChI=1S/C25H30N4O4S/c1-25(2)13-19(18-12-17(31-3)8-9-20(18)32-25)26-24(30)16-6-4-10-29(14-16)15-22-27-23(28-33-22)21-7-5-11-34-21/h5,7-9,11-12,16,19H,4,6,10,13-15H2,1-3H3,(H,26,30). The van der Waals surface area contributed by atoms with Crippen LogP contribution in [0.4, 0.5) is 0 Å². The number of aromatic nitrogens is 2. The second kappa shape index (κ2) is 9.38. The molecule has 2 aliphatic rings. The average molecular weight is 483 g/mol. The van der Waals surface area contributed by atoms with Gasteiger partial charge in [0.1, 0.15) is 17.1 Å². The van der Waals surface area contributed by atoms with Crippen LogP contribution in [0.2, 0.25) is 0 Å². The lowest BCUT2D eigenvalue weighted by Gasteiger charge is -2.39. The summed E-state index contributed by atoms with van der Waals surface area (Å²) < 4.78 is 17.0. The maximum atomic E-state index is 13.3. The number of rotatable bonds is 6. The van der Waals surface area contributed by atoms with E-state index in [1.165, 1.54) is 0 Å². The number of piperidine rings is 1. The summed E-state index contributed by atoms with van der Waals surface area (Å²) in [5.41, 5.74) is 0.600. The van der Waals surface area contributed by atoms with E-state index in [2.05, 4.69) is 34.2 Å². The van der Waals surface area contributed by atoms with Gasteiger partial charge in [-0.2, -0.15) is 4.98 Å². The molecular formula is C25H30N4O4S. The second-order valence-corrected chi connectivity index (χ2v) is 10.5. The van der Waals surface area contributed by atoms with Crippen molar-refractivity contribution in [2.45, 2.75) is 51.3 Å². The number of carbonyl (C=O) groups is 1. The van der Waals surface area contributed by atoms with E-state index in [1.54, 1.807) is 18.4 Å². The summed E-state index contributed by atoms with van der Waals surface area (Å²) in [6, 6.07) is 9.60. The lowest BCUT2D eigenvalue weighted by atomic mass is 9.88. The third-order valence-corrected chi connectivity index (χ3v) is 7.30. The molecule has 3 aromatic rings. The number of likely N-dealkylation sites (tertiary alicyclic amines) is 1. The van der Waals surface area contributed by atoms with E-state index in [0.29, 0.717) is 31.2 Å². The molecule has 8 nitrogen and oxygen atoms in total. The van der Waals surface area contributed by atoms with Crippen LogP contribution in [0, 0.1) is 5.92 Å². The average Bonchev–Trinajstić information content (AvgIpc) is 3.50. The number of hydrogen-bond donors (Lipinski definition) is 1. The van der Waals surface area contributed by atoms with Crippen LogP contribution in [0.3, 0.4) is 0 Å². The van der Waals surface area contributed by atoms with Gasteiger partial charge in [-0.3, -0.25) is 9.69 Å². The topological polar surface area (TPSA) is 89.7 Å². The van der Waals surface area contributed by atoms with Crippen LogP contribution in [0.1, 0.15) is 50.6 Å². The monoisotopic (exact) mass is 482 g/mol. The Kier molecular flexibility index (Phi) is 6.31. The molecule has 2 aromatic heterocycles. The van der Waals surface area contributed by atoms with Crippen LogP contribution in [0.25, 0.3) is 10.7 Å². The van der Waals surface area contributed by atoms with Crippen LogP contribution >= 0.6 is 11.3 Å². The first-order valence-corrected chi connectivity index (χ1v) is 12.5. The zero-order valence-corrected chi connectivity index (χ0v) is 20.6. The van der Waals surface area contributed by atoms with Crippen LogP contribution < -0.4 is 14.8 Å². The Morgan fingerprint density at radius 2 is 2.24 bits per heavy atom. The number of hydrogen-bond acceptors (Lipinski definition) is 8. The van der Waals surface area contributed by atoms with Gasteiger partial charge in [-0.15, -0.1) is 11.3 Å². The molecule has 2 atom stereocenters.